The van der Waals surface area contributed by atoms with Crippen molar-refractivity contribution in [2.75, 3.05) is 0 Å². The maximum atomic E-state index is 4.93. The minimum atomic E-state index is -0.826. The first-order valence-electron chi connectivity index (χ1n) is 20.3. The van der Waals surface area contributed by atoms with E-state index >= 15 is 0 Å². The molecular weight excluding hydrogens is 791 g/mol. The zero-order valence-electron chi connectivity index (χ0n) is 32.8. The third-order valence-electron chi connectivity index (χ3n) is 13.3. The summed E-state index contributed by atoms with van der Waals surface area (Å²) in [6, 6.07) is 41.3. The summed E-state index contributed by atoms with van der Waals surface area (Å²) >= 11 is -0.826. The molecule has 4 bridgehead atoms. The van der Waals surface area contributed by atoms with Crippen LogP contribution in [-0.4, -0.2) is 9.52 Å². The molecule has 0 aliphatic heterocycles. The van der Waals surface area contributed by atoms with Crippen molar-refractivity contribution < 1.29 is 20.8 Å². The fraction of sp³-hybridized carbons (Fsp3) is 0.400. The van der Waals surface area contributed by atoms with Gasteiger partial charge >= 0.3 is 37.9 Å². The van der Waals surface area contributed by atoms with E-state index in [1.165, 1.54) is 132 Å². The van der Waals surface area contributed by atoms with E-state index < -0.39 is 20.8 Å². The molecule has 0 atom stereocenters. The molecule has 0 aromatic heterocycles. The molecule has 4 fully saturated rings. The van der Waals surface area contributed by atoms with E-state index in [2.05, 4.69) is 136 Å². The molecule has 4 aliphatic carbocycles. The predicted octanol–water partition coefficient (Wildman–Crippen LogP) is 15.5. The first kappa shape index (κ1) is 40.0. The Balaban J connectivity index is 0.000000146. The van der Waals surface area contributed by atoms with Crippen LogP contribution in [0.25, 0.3) is 43.8 Å². The number of hydrogen-bond acceptors (Lipinski definition) is 0. The summed E-state index contributed by atoms with van der Waals surface area (Å²) in [5.74, 6) is 2.08. The van der Waals surface area contributed by atoms with Gasteiger partial charge < -0.3 is 0 Å². The summed E-state index contributed by atoms with van der Waals surface area (Å²) in [6.07, 6.45) is 17.3. The Morgan fingerprint density at radius 2 is 0.944 bits per heavy atom. The van der Waals surface area contributed by atoms with Gasteiger partial charge in [0.15, 0.2) is 0 Å². The van der Waals surface area contributed by atoms with Gasteiger partial charge in [0.2, 0.25) is 0 Å². The summed E-state index contributed by atoms with van der Waals surface area (Å²) in [6.45, 7) is 8.61. The Morgan fingerprint density at radius 3 is 1.26 bits per heavy atom. The molecular formula is C50H56Cl2SiZr. The van der Waals surface area contributed by atoms with Gasteiger partial charge in [0.1, 0.15) is 0 Å². The molecule has 0 amide bonds. The molecule has 0 unspecified atom stereocenters. The van der Waals surface area contributed by atoms with Gasteiger partial charge in [-0.25, -0.2) is 0 Å². The molecule has 0 spiro atoms. The molecule has 6 aromatic rings. The minimum absolute atomic E-state index is 0.638. The third-order valence-corrected chi connectivity index (χ3v) is 13.3. The molecule has 2 radical (unpaired) electrons. The summed E-state index contributed by atoms with van der Waals surface area (Å²) in [5.41, 5.74) is 12.5. The van der Waals surface area contributed by atoms with Gasteiger partial charge in [-0.05, 0) is 125 Å². The number of hydrogen-bond donors (Lipinski definition) is 0. The number of benzene rings is 4. The summed E-state index contributed by atoms with van der Waals surface area (Å²) in [4.78, 5) is 0. The second-order valence-electron chi connectivity index (χ2n) is 17.3. The van der Waals surface area contributed by atoms with Crippen molar-refractivity contribution in [1.29, 1.82) is 0 Å². The first-order valence-corrected chi connectivity index (χ1v) is 28.6. The van der Waals surface area contributed by atoms with Crippen LogP contribution >= 0.6 is 17.0 Å². The number of fused-ring (bicyclic) bond motifs is 6. The predicted molar refractivity (Wildman–Crippen MR) is 234 cm³/mol. The van der Waals surface area contributed by atoms with E-state index in [1.807, 2.05) is 0 Å². The molecule has 54 heavy (non-hydrogen) atoms. The Hall–Kier alpha value is -2.22. The van der Waals surface area contributed by atoms with Gasteiger partial charge in [0, 0.05) is 9.52 Å². The van der Waals surface area contributed by atoms with Crippen molar-refractivity contribution >= 4 is 48.1 Å². The van der Waals surface area contributed by atoms with Gasteiger partial charge in [-0.2, -0.15) is 12.1 Å². The number of aryl methyl sites for hydroxylation is 2. The van der Waals surface area contributed by atoms with Crippen molar-refractivity contribution in [3.05, 3.63) is 131 Å². The molecule has 0 saturated heterocycles. The van der Waals surface area contributed by atoms with Crippen molar-refractivity contribution in [3.63, 3.8) is 0 Å². The van der Waals surface area contributed by atoms with Crippen molar-refractivity contribution in [3.8, 4) is 22.3 Å². The average molecular weight is 847 g/mol. The maximum absolute atomic E-state index is 4.93. The van der Waals surface area contributed by atoms with Crippen molar-refractivity contribution in [2.24, 2.45) is 22.7 Å². The van der Waals surface area contributed by atoms with Crippen LogP contribution in [0.15, 0.2) is 109 Å². The molecule has 4 aliphatic rings. The number of halogens is 2. The van der Waals surface area contributed by atoms with Gasteiger partial charge in [-0.15, -0.1) is 69.1 Å². The Morgan fingerprint density at radius 1 is 0.593 bits per heavy atom. The third kappa shape index (κ3) is 9.15. The topological polar surface area (TPSA) is 0 Å². The monoisotopic (exact) mass is 844 g/mol. The van der Waals surface area contributed by atoms with Crippen molar-refractivity contribution in [1.82, 2.24) is 0 Å². The Labute approximate surface area is 346 Å². The average Bonchev–Trinajstić information content (AvgIpc) is 4.04. The molecule has 10 rings (SSSR count). The van der Waals surface area contributed by atoms with Gasteiger partial charge in [0.25, 0.3) is 0 Å². The molecule has 278 valence electrons. The van der Waals surface area contributed by atoms with Crippen LogP contribution in [0.1, 0.15) is 86.5 Å². The molecule has 0 nitrogen and oxygen atoms in total. The fourth-order valence-electron chi connectivity index (χ4n) is 10.8. The van der Waals surface area contributed by atoms with E-state index in [-0.39, 0.29) is 0 Å². The van der Waals surface area contributed by atoms with E-state index in [0.717, 1.165) is 21.4 Å². The van der Waals surface area contributed by atoms with E-state index in [4.69, 9.17) is 17.0 Å². The summed E-state index contributed by atoms with van der Waals surface area (Å²) < 4.78 is 0. The van der Waals surface area contributed by atoms with Crippen LogP contribution in [0, 0.1) is 36.5 Å². The summed E-state index contributed by atoms with van der Waals surface area (Å²) in [5, 5.41) is 5.68. The zero-order chi connectivity index (χ0) is 37.7. The van der Waals surface area contributed by atoms with E-state index in [0.29, 0.717) is 10.8 Å². The van der Waals surface area contributed by atoms with Crippen LogP contribution in [0.2, 0.25) is 13.1 Å². The summed E-state index contributed by atoms with van der Waals surface area (Å²) in [7, 11) is 11.0. The molecule has 0 N–H and O–H groups in total. The van der Waals surface area contributed by atoms with Crippen LogP contribution in [0.3, 0.4) is 0 Å². The first-order chi connectivity index (χ1) is 26.2. The van der Waals surface area contributed by atoms with Crippen LogP contribution in [-0.2, 0) is 33.7 Å². The normalized spacial score (nSPS) is 23.3. The van der Waals surface area contributed by atoms with Gasteiger partial charge in [0.05, 0.1) is 0 Å². The molecule has 0 heterocycles. The van der Waals surface area contributed by atoms with Crippen LogP contribution < -0.4 is 0 Å². The van der Waals surface area contributed by atoms with Gasteiger partial charge in [-0.1, -0.05) is 96.0 Å². The quantitative estimate of drug-likeness (QED) is 0.116. The molecule has 4 saturated carbocycles. The second-order valence-corrected chi connectivity index (χ2v) is 22.0. The van der Waals surface area contributed by atoms with Gasteiger partial charge in [-0.3, -0.25) is 0 Å². The Bertz CT molecular complexity index is 1950. The van der Waals surface area contributed by atoms with Crippen LogP contribution in [0.5, 0.6) is 0 Å². The SMILES string of the molecule is C[Si]C.Cc1ccc(-c2cccc3[cH-]c(CC45CCC(CC4)C5)cc23)cc1.Cc1ccc(-c2cccc3[cH-]c(CC45CCC(CC4)C5)cc23)cc1.[Cl][Zr+2][Cl]. The number of rotatable bonds is 6. The molecule has 4 heteroatoms. The standard InChI is InChI=1S/2C24H25.C2H6Si.2ClH.Zr/c2*1-17-5-7-20(8-6-17)22-4-2-3-21-13-19(14-23(21)22)16-24-11-9-18(15-24)10-12-24;1-3-2;;;/h2*2-8,13-14,18H,9-12,15-16H2,1H3;1-2H3;2*1H;/q2*-1;;;;+4/p-2. The Kier molecular flexibility index (Phi) is 13.3. The molecule has 6 aromatic carbocycles. The van der Waals surface area contributed by atoms with Crippen LogP contribution in [0.4, 0.5) is 0 Å². The second kappa shape index (κ2) is 17.9. The van der Waals surface area contributed by atoms with Crippen molar-refractivity contribution in [2.45, 2.75) is 104 Å². The fourth-order valence-corrected chi connectivity index (χ4v) is 10.8. The zero-order valence-corrected chi connectivity index (χ0v) is 37.8. The van der Waals surface area contributed by atoms with E-state index in [9.17, 15) is 0 Å². The van der Waals surface area contributed by atoms with E-state index in [1.54, 1.807) is 11.1 Å².